The molecular formula is C11H16O2S. The molecule has 1 heterocycles. The first-order valence-electron chi connectivity index (χ1n) is 4.83. The molecule has 0 saturated carbocycles. The molecule has 0 spiro atoms. The van der Waals surface area contributed by atoms with Crippen molar-refractivity contribution < 1.29 is 9.90 Å². The summed E-state index contributed by atoms with van der Waals surface area (Å²) in [6.45, 7) is 3.71. The van der Waals surface area contributed by atoms with Gasteiger partial charge in [-0.1, -0.05) is 13.8 Å². The van der Waals surface area contributed by atoms with Gasteiger partial charge in [0, 0.05) is 6.42 Å². The van der Waals surface area contributed by atoms with E-state index < -0.39 is 6.10 Å². The molecule has 0 aliphatic heterocycles. The first kappa shape index (κ1) is 11.4. The van der Waals surface area contributed by atoms with E-state index in [0.29, 0.717) is 6.42 Å². The van der Waals surface area contributed by atoms with Crippen LogP contribution >= 0.6 is 11.3 Å². The van der Waals surface area contributed by atoms with Crippen LogP contribution in [0, 0.1) is 5.92 Å². The van der Waals surface area contributed by atoms with Gasteiger partial charge in [0.15, 0.2) is 5.78 Å². The minimum atomic E-state index is -0.798. The number of rotatable bonds is 5. The Hall–Kier alpha value is -0.670. The van der Waals surface area contributed by atoms with Gasteiger partial charge >= 0.3 is 0 Å². The number of aryl methyl sites for hydroxylation is 1. The van der Waals surface area contributed by atoms with Crippen LogP contribution in [0.3, 0.4) is 0 Å². The van der Waals surface area contributed by atoms with Gasteiger partial charge in [0.1, 0.15) is 6.10 Å². The van der Waals surface area contributed by atoms with Crippen LogP contribution in [-0.2, 0) is 11.2 Å². The highest BCUT2D eigenvalue weighted by atomic mass is 32.1. The summed E-state index contributed by atoms with van der Waals surface area (Å²) >= 11 is 1.63. The van der Waals surface area contributed by atoms with Crippen molar-refractivity contribution in [2.24, 2.45) is 5.92 Å². The topological polar surface area (TPSA) is 37.3 Å². The number of hydrogen-bond acceptors (Lipinski definition) is 3. The van der Waals surface area contributed by atoms with Gasteiger partial charge in [-0.05, 0) is 34.7 Å². The number of hydrogen-bond donors (Lipinski definition) is 1. The number of aliphatic hydroxyl groups excluding tert-OH is 1. The molecule has 0 radical (unpaired) electrons. The average Bonchev–Trinajstić information content (AvgIpc) is 2.65. The van der Waals surface area contributed by atoms with Crippen molar-refractivity contribution in [2.45, 2.75) is 32.8 Å². The first-order valence-corrected chi connectivity index (χ1v) is 5.77. The molecule has 1 aromatic heterocycles. The fraction of sp³-hybridized carbons (Fsp3) is 0.545. The maximum absolute atomic E-state index is 11.4. The quantitative estimate of drug-likeness (QED) is 0.813. The zero-order valence-corrected chi connectivity index (χ0v) is 9.38. The fourth-order valence-corrected chi connectivity index (χ4v) is 1.93. The van der Waals surface area contributed by atoms with E-state index in [1.165, 1.54) is 5.56 Å². The van der Waals surface area contributed by atoms with E-state index in [-0.39, 0.29) is 11.7 Å². The molecule has 78 valence electrons. The number of aliphatic hydroxyl groups is 1. The predicted molar refractivity (Wildman–Crippen MR) is 58.5 cm³/mol. The van der Waals surface area contributed by atoms with Gasteiger partial charge in [-0.3, -0.25) is 4.79 Å². The average molecular weight is 212 g/mol. The van der Waals surface area contributed by atoms with E-state index >= 15 is 0 Å². The molecule has 0 aliphatic carbocycles. The Bertz CT molecular complexity index is 277. The monoisotopic (exact) mass is 212 g/mol. The summed E-state index contributed by atoms with van der Waals surface area (Å²) in [4.78, 5) is 11.4. The predicted octanol–water partition coefficient (Wildman–Crippen LogP) is 2.27. The zero-order valence-electron chi connectivity index (χ0n) is 8.56. The molecule has 0 fully saturated rings. The molecule has 0 aliphatic rings. The minimum absolute atomic E-state index is 0.0185. The maximum Gasteiger partial charge on any atom is 0.161 e. The van der Waals surface area contributed by atoms with E-state index in [9.17, 15) is 9.90 Å². The first-order chi connectivity index (χ1) is 6.61. The van der Waals surface area contributed by atoms with E-state index in [1.54, 1.807) is 11.3 Å². The molecule has 1 unspecified atom stereocenters. The Morgan fingerprint density at radius 3 is 2.79 bits per heavy atom. The number of ketones is 1. The smallest absolute Gasteiger partial charge is 0.161 e. The van der Waals surface area contributed by atoms with Crippen molar-refractivity contribution in [3.05, 3.63) is 22.4 Å². The van der Waals surface area contributed by atoms with Crippen molar-refractivity contribution in [3.63, 3.8) is 0 Å². The second-order valence-electron chi connectivity index (χ2n) is 3.79. The van der Waals surface area contributed by atoms with Gasteiger partial charge in [0.25, 0.3) is 0 Å². The highest BCUT2D eigenvalue weighted by Crippen LogP contribution is 2.11. The summed E-state index contributed by atoms with van der Waals surface area (Å²) in [7, 11) is 0. The fourth-order valence-electron chi connectivity index (χ4n) is 1.22. The van der Waals surface area contributed by atoms with E-state index in [4.69, 9.17) is 0 Å². The van der Waals surface area contributed by atoms with Crippen LogP contribution in [0.5, 0.6) is 0 Å². The molecule has 1 atom stereocenters. The lowest BCUT2D eigenvalue weighted by molar-refractivity contribution is -0.129. The molecule has 3 heteroatoms. The lowest BCUT2D eigenvalue weighted by Crippen LogP contribution is -2.26. The SMILES string of the molecule is CC(C)C(O)C(=O)CCc1ccsc1. The van der Waals surface area contributed by atoms with Gasteiger partial charge in [0.05, 0.1) is 0 Å². The third kappa shape index (κ3) is 3.24. The summed E-state index contributed by atoms with van der Waals surface area (Å²) in [5.74, 6) is -0.0313. The number of carbonyl (C=O) groups excluding carboxylic acids is 1. The largest absolute Gasteiger partial charge is 0.385 e. The summed E-state index contributed by atoms with van der Waals surface area (Å²) in [5, 5.41) is 13.5. The molecule has 1 aromatic rings. The molecule has 1 rings (SSSR count). The van der Waals surface area contributed by atoms with Crippen LogP contribution in [0.25, 0.3) is 0 Å². The van der Waals surface area contributed by atoms with Crippen molar-refractivity contribution in [1.82, 2.24) is 0 Å². The van der Waals surface area contributed by atoms with E-state index in [0.717, 1.165) is 6.42 Å². The number of carbonyl (C=O) groups is 1. The zero-order chi connectivity index (χ0) is 10.6. The van der Waals surface area contributed by atoms with Crippen LogP contribution in [-0.4, -0.2) is 17.0 Å². The third-order valence-corrected chi connectivity index (χ3v) is 2.93. The molecule has 0 aromatic carbocycles. The van der Waals surface area contributed by atoms with Crippen molar-refractivity contribution in [2.75, 3.05) is 0 Å². The maximum atomic E-state index is 11.4. The summed E-state index contributed by atoms with van der Waals surface area (Å²) in [5.41, 5.74) is 1.18. The summed E-state index contributed by atoms with van der Waals surface area (Å²) < 4.78 is 0. The second-order valence-corrected chi connectivity index (χ2v) is 4.57. The Morgan fingerprint density at radius 2 is 2.29 bits per heavy atom. The molecule has 0 amide bonds. The standard InChI is InChI=1S/C11H16O2S/c1-8(2)11(13)10(12)4-3-9-5-6-14-7-9/h5-8,11,13H,3-4H2,1-2H3. The van der Waals surface area contributed by atoms with Crippen LogP contribution in [0.1, 0.15) is 25.8 Å². The number of Topliss-reactive ketones (excluding diaryl/α,β-unsaturated/α-hetero) is 1. The van der Waals surface area contributed by atoms with Gasteiger partial charge in [-0.2, -0.15) is 11.3 Å². The van der Waals surface area contributed by atoms with Gasteiger partial charge in [-0.25, -0.2) is 0 Å². The lowest BCUT2D eigenvalue weighted by Gasteiger charge is -2.12. The molecule has 0 saturated heterocycles. The van der Waals surface area contributed by atoms with Crippen LogP contribution in [0.4, 0.5) is 0 Å². The van der Waals surface area contributed by atoms with Crippen LogP contribution in [0.15, 0.2) is 16.8 Å². The van der Waals surface area contributed by atoms with Gasteiger partial charge < -0.3 is 5.11 Å². The van der Waals surface area contributed by atoms with E-state index in [2.05, 4.69) is 0 Å². The Morgan fingerprint density at radius 1 is 1.57 bits per heavy atom. The normalized spacial score (nSPS) is 13.1. The van der Waals surface area contributed by atoms with Crippen LogP contribution in [0.2, 0.25) is 0 Å². The van der Waals surface area contributed by atoms with Crippen molar-refractivity contribution in [1.29, 1.82) is 0 Å². The summed E-state index contributed by atoms with van der Waals surface area (Å²) in [6, 6.07) is 2.01. The van der Waals surface area contributed by atoms with Crippen molar-refractivity contribution >= 4 is 17.1 Å². The molecule has 2 nitrogen and oxygen atoms in total. The highest BCUT2D eigenvalue weighted by Gasteiger charge is 2.17. The highest BCUT2D eigenvalue weighted by molar-refractivity contribution is 7.07. The lowest BCUT2D eigenvalue weighted by atomic mass is 9.99. The van der Waals surface area contributed by atoms with Crippen LogP contribution < -0.4 is 0 Å². The third-order valence-electron chi connectivity index (χ3n) is 2.20. The molecule has 14 heavy (non-hydrogen) atoms. The molecule has 0 bridgehead atoms. The minimum Gasteiger partial charge on any atom is -0.385 e. The Labute approximate surface area is 88.6 Å². The summed E-state index contributed by atoms with van der Waals surface area (Å²) in [6.07, 6.45) is 0.385. The van der Waals surface area contributed by atoms with Gasteiger partial charge in [0.2, 0.25) is 0 Å². The molecular weight excluding hydrogens is 196 g/mol. The molecule has 1 N–H and O–H groups in total. The Balaban J connectivity index is 2.35. The Kier molecular flexibility index (Phi) is 4.29. The van der Waals surface area contributed by atoms with Gasteiger partial charge in [-0.15, -0.1) is 0 Å². The number of thiophene rings is 1. The van der Waals surface area contributed by atoms with E-state index in [1.807, 2.05) is 30.7 Å². The van der Waals surface area contributed by atoms with Crippen molar-refractivity contribution in [3.8, 4) is 0 Å². The second kappa shape index (κ2) is 5.27.